The monoisotopic (exact) mass is 236 g/mol. The van der Waals surface area contributed by atoms with Crippen molar-refractivity contribution < 1.29 is 4.79 Å². The summed E-state index contributed by atoms with van der Waals surface area (Å²) in [5.41, 5.74) is 1.35. The molecule has 0 radical (unpaired) electrons. The summed E-state index contributed by atoms with van der Waals surface area (Å²) in [6, 6.07) is 2.24. The number of thiophene rings is 1. The van der Waals surface area contributed by atoms with Crippen molar-refractivity contribution in [2.24, 2.45) is 0 Å². The van der Waals surface area contributed by atoms with E-state index >= 15 is 0 Å². The van der Waals surface area contributed by atoms with Gasteiger partial charge < -0.3 is 10.2 Å². The predicted molar refractivity (Wildman–Crippen MR) is 64.5 cm³/mol. The molecule has 1 aromatic rings. The van der Waals surface area contributed by atoms with Crippen LogP contribution in [0.4, 0.5) is 0 Å². The predicted octanol–water partition coefficient (Wildman–Crippen LogP) is 1.38. The zero-order valence-electron chi connectivity index (χ0n) is 9.24. The topological polar surface area (TPSA) is 32.3 Å². The number of nitrogens with zero attached hydrogens (tertiary/aromatic N) is 1. The van der Waals surface area contributed by atoms with Gasteiger partial charge in [0.1, 0.15) is 0 Å². The number of hydrogen-bond donors (Lipinski definition) is 1. The smallest absolute Gasteiger partial charge is 0.240 e. The van der Waals surface area contributed by atoms with Crippen LogP contribution in [0.3, 0.4) is 0 Å². The molecular formula is C12H16N2OS. The third-order valence-corrected chi connectivity index (χ3v) is 4.50. The molecule has 3 heterocycles. The fourth-order valence-corrected chi connectivity index (χ4v) is 3.44. The maximum Gasteiger partial charge on any atom is 0.240 e. The first kappa shape index (κ1) is 10.3. The molecule has 0 aliphatic carbocycles. The third-order valence-electron chi connectivity index (χ3n) is 3.48. The van der Waals surface area contributed by atoms with E-state index in [4.69, 9.17) is 0 Å². The number of carbonyl (C=O) groups is 1. The highest BCUT2D eigenvalue weighted by Crippen LogP contribution is 2.24. The SMILES string of the molecule is O=C(C1CCCN1)N1CCc2sccc2C1. The van der Waals surface area contributed by atoms with Crippen LogP contribution in [0.15, 0.2) is 11.4 Å². The summed E-state index contributed by atoms with van der Waals surface area (Å²) in [4.78, 5) is 15.7. The molecule has 1 unspecified atom stereocenters. The molecule has 1 aromatic heterocycles. The quantitative estimate of drug-likeness (QED) is 0.799. The molecule has 3 nitrogen and oxygen atoms in total. The molecule has 3 rings (SSSR count). The summed E-state index contributed by atoms with van der Waals surface area (Å²) in [7, 11) is 0. The van der Waals surface area contributed by atoms with Crippen molar-refractivity contribution >= 4 is 17.2 Å². The van der Waals surface area contributed by atoms with E-state index in [1.165, 1.54) is 10.4 Å². The van der Waals surface area contributed by atoms with Crippen molar-refractivity contribution in [3.05, 3.63) is 21.9 Å². The fraction of sp³-hybridized carbons (Fsp3) is 0.583. The molecule has 0 saturated carbocycles. The van der Waals surface area contributed by atoms with Crippen LogP contribution in [-0.4, -0.2) is 29.9 Å². The first-order chi connectivity index (χ1) is 7.84. The van der Waals surface area contributed by atoms with Gasteiger partial charge >= 0.3 is 0 Å². The second kappa shape index (κ2) is 4.18. The van der Waals surface area contributed by atoms with Crippen molar-refractivity contribution in [3.8, 4) is 0 Å². The van der Waals surface area contributed by atoms with Crippen molar-refractivity contribution in [2.45, 2.75) is 31.8 Å². The lowest BCUT2D eigenvalue weighted by atomic mass is 10.1. The van der Waals surface area contributed by atoms with E-state index in [1.54, 1.807) is 0 Å². The summed E-state index contributed by atoms with van der Waals surface area (Å²) < 4.78 is 0. The molecule has 2 aliphatic rings. The van der Waals surface area contributed by atoms with Gasteiger partial charge in [-0.05, 0) is 42.8 Å². The average molecular weight is 236 g/mol. The lowest BCUT2D eigenvalue weighted by molar-refractivity contribution is -0.134. The van der Waals surface area contributed by atoms with Crippen molar-refractivity contribution in [1.29, 1.82) is 0 Å². The van der Waals surface area contributed by atoms with E-state index in [0.717, 1.165) is 38.9 Å². The maximum atomic E-state index is 12.2. The Kier molecular flexibility index (Phi) is 2.69. The summed E-state index contributed by atoms with van der Waals surface area (Å²) in [5, 5.41) is 5.41. The zero-order chi connectivity index (χ0) is 11.0. The molecule has 2 aliphatic heterocycles. The molecule has 0 aromatic carbocycles. The highest BCUT2D eigenvalue weighted by molar-refractivity contribution is 7.10. The minimum absolute atomic E-state index is 0.0835. The van der Waals surface area contributed by atoms with Crippen LogP contribution in [0.25, 0.3) is 0 Å². The zero-order valence-corrected chi connectivity index (χ0v) is 10.1. The van der Waals surface area contributed by atoms with E-state index in [0.29, 0.717) is 5.91 Å². The molecule has 86 valence electrons. The minimum atomic E-state index is 0.0835. The maximum absolute atomic E-state index is 12.2. The Morgan fingerprint density at radius 3 is 3.31 bits per heavy atom. The standard InChI is InChI=1S/C12H16N2OS/c15-12(10-2-1-5-13-10)14-6-3-11-9(8-14)4-7-16-11/h4,7,10,13H,1-3,5-6,8H2. The molecule has 0 spiro atoms. The summed E-state index contributed by atoms with van der Waals surface area (Å²) >= 11 is 1.82. The molecular weight excluding hydrogens is 220 g/mol. The van der Waals surface area contributed by atoms with Gasteiger partial charge in [0.25, 0.3) is 0 Å². The highest BCUT2D eigenvalue weighted by atomic mass is 32.1. The second-order valence-electron chi connectivity index (χ2n) is 4.53. The minimum Gasteiger partial charge on any atom is -0.337 e. The Hall–Kier alpha value is -0.870. The van der Waals surface area contributed by atoms with Crippen molar-refractivity contribution in [2.75, 3.05) is 13.1 Å². The molecule has 1 N–H and O–H groups in total. The molecule has 4 heteroatoms. The molecule has 0 bridgehead atoms. The normalized spacial score (nSPS) is 24.5. The lowest BCUT2D eigenvalue weighted by Crippen LogP contribution is -2.45. The average Bonchev–Trinajstić information content (AvgIpc) is 2.98. The Balaban J connectivity index is 1.71. The van der Waals surface area contributed by atoms with Crippen LogP contribution < -0.4 is 5.32 Å². The fourth-order valence-electron chi connectivity index (χ4n) is 2.55. The Labute approximate surface area is 99.5 Å². The largest absolute Gasteiger partial charge is 0.337 e. The first-order valence-corrected chi connectivity index (χ1v) is 6.80. The molecule has 1 fully saturated rings. The molecule has 16 heavy (non-hydrogen) atoms. The van der Waals surface area contributed by atoms with E-state index in [-0.39, 0.29) is 6.04 Å². The number of fused-ring (bicyclic) bond motifs is 1. The van der Waals surface area contributed by atoms with E-state index < -0.39 is 0 Å². The van der Waals surface area contributed by atoms with Gasteiger partial charge in [0.15, 0.2) is 0 Å². The molecule has 1 atom stereocenters. The van der Waals surface area contributed by atoms with Gasteiger partial charge in [0.2, 0.25) is 5.91 Å². The van der Waals surface area contributed by atoms with Crippen molar-refractivity contribution in [1.82, 2.24) is 10.2 Å². The van der Waals surface area contributed by atoms with Crippen LogP contribution in [0.5, 0.6) is 0 Å². The molecule has 1 saturated heterocycles. The summed E-state index contributed by atoms with van der Waals surface area (Å²) in [5.74, 6) is 0.300. The Morgan fingerprint density at radius 1 is 1.56 bits per heavy atom. The van der Waals surface area contributed by atoms with Gasteiger partial charge in [0, 0.05) is 18.0 Å². The van der Waals surface area contributed by atoms with Gasteiger partial charge in [-0.3, -0.25) is 4.79 Å². The van der Waals surface area contributed by atoms with Crippen LogP contribution in [0.1, 0.15) is 23.3 Å². The van der Waals surface area contributed by atoms with Gasteiger partial charge in [-0.25, -0.2) is 0 Å². The van der Waals surface area contributed by atoms with Crippen LogP contribution >= 0.6 is 11.3 Å². The highest BCUT2D eigenvalue weighted by Gasteiger charge is 2.29. The number of rotatable bonds is 1. The van der Waals surface area contributed by atoms with Crippen LogP contribution in [-0.2, 0) is 17.8 Å². The van der Waals surface area contributed by atoms with Crippen LogP contribution in [0, 0.1) is 0 Å². The number of nitrogens with one attached hydrogen (secondary N) is 1. The van der Waals surface area contributed by atoms with Gasteiger partial charge in [-0.15, -0.1) is 11.3 Å². The van der Waals surface area contributed by atoms with Gasteiger partial charge in [-0.1, -0.05) is 0 Å². The number of carbonyl (C=O) groups excluding carboxylic acids is 1. The first-order valence-electron chi connectivity index (χ1n) is 5.92. The van der Waals surface area contributed by atoms with Crippen LogP contribution in [0.2, 0.25) is 0 Å². The molecule has 1 amide bonds. The Bertz CT molecular complexity index is 395. The number of amides is 1. The van der Waals surface area contributed by atoms with Gasteiger partial charge in [-0.2, -0.15) is 0 Å². The lowest BCUT2D eigenvalue weighted by Gasteiger charge is -2.29. The summed E-state index contributed by atoms with van der Waals surface area (Å²) in [6.45, 7) is 2.70. The van der Waals surface area contributed by atoms with E-state index in [9.17, 15) is 4.79 Å². The second-order valence-corrected chi connectivity index (χ2v) is 5.53. The summed E-state index contributed by atoms with van der Waals surface area (Å²) in [6.07, 6.45) is 3.17. The van der Waals surface area contributed by atoms with Crippen molar-refractivity contribution in [3.63, 3.8) is 0 Å². The van der Waals surface area contributed by atoms with Gasteiger partial charge in [0.05, 0.1) is 6.04 Å². The van der Waals surface area contributed by atoms with E-state index in [2.05, 4.69) is 16.8 Å². The number of hydrogen-bond acceptors (Lipinski definition) is 3. The van der Waals surface area contributed by atoms with E-state index in [1.807, 2.05) is 16.2 Å². The Morgan fingerprint density at radius 2 is 2.50 bits per heavy atom. The third kappa shape index (κ3) is 1.76.